The summed E-state index contributed by atoms with van der Waals surface area (Å²) in [6.07, 6.45) is 3.69. The normalized spacial score (nSPS) is 19.0. The van der Waals surface area contributed by atoms with Gasteiger partial charge in [-0.25, -0.2) is 0 Å². The van der Waals surface area contributed by atoms with Crippen molar-refractivity contribution in [3.8, 4) is 0 Å². The fraction of sp³-hybridized carbons (Fsp3) is 1.00. The Morgan fingerprint density at radius 2 is 1.47 bits per heavy atom. The van der Waals surface area contributed by atoms with Gasteiger partial charge in [0.05, 0.1) is 0 Å². The second-order valence-corrected chi connectivity index (χ2v) is 5.75. The van der Waals surface area contributed by atoms with E-state index in [0.717, 1.165) is 5.92 Å². The molecule has 0 spiro atoms. The predicted octanol–water partition coefficient (Wildman–Crippen LogP) is 4.32. The molecule has 0 aromatic heterocycles. The quantitative estimate of drug-likeness (QED) is 0.635. The van der Waals surface area contributed by atoms with Crippen molar-refractivity contribution in [1.29, 1.82) is 0 Å². The molecule has 0 saturated carbocycles. The Bertz CT molecular complexity index is 186. The Morgan fingerprint density at radius 1 is 1.00 bits per heavy atom. The van der Waals surface area contributed by atoms with E-state index >= 15 is 0 Å². The van der Waals surface area contributed by atoms with Gasteiger partial charge in [-0.2, -0.15) is 0 Å². The molecule has 0 N–H and O–H groups in total. The lowest BCUT2D eigenvalue weighted by molar-refractivity contribution is -0.00923. The smallest absolute Gasteiger partial charge is 0.0206 e. The molecule has 15 heavy (non-hydrogen) atoms. The van der Waals surface area contributed by atoms with Crippen molar-refractivity contribution in [2.24, 2.45) is 5.92 Å². The van der Waals surface area contributed by atoms with Gasteiger partial charge in [0.1, 0.15) is 0 Å². The second kappa shape index (κ2) is 5.34. The van der Waals surface area contributed by atoms with E-state index in [9.17, 15) is 0 Å². The largest absolute Gasteiger partial charge is 0.296 e. The molecule has 0 aromatic carbocycles. The lowest BCUT2D eigenvalue weighted by Crippen LogP contribution is -2.57. The fourth-order valence-corrected chi connectivity index (χ4v) is 2.28. The molecule has 0 rings (SSSR count). The molecule has 0 aliphatic heterocycles. The van der Waals surface area contributed by atoms with Crippen LogP contribution in [0.3, 0.4) is 0 Å². The summed E-state index contributed by atoms with van der Waals surface area (Å²) < 4.78 is 0. The molecule has 92 valence electrons. The summed E-state index contributed by atoms with van der Waals surface area (Å²) >= 11 is 0. The third-order valence-corrected chi connectivity index (χ3v) is 4.93. The molecule has 1 nitrogen and oxygen atoms in total. The van der Waals surface area contributed by atoms with Crippen LogP contribution < -0.4 is 0 Å². The van der Waals surface area contributed by atoms with Gasteiger partial charge in [0.25, 0.3) is 0 Å². The van der Waals surface area contributed by atoms with Gasteiger partial charge in [0.15, 0.2) is 0 Å². The molecule has 0 aliphatic rings. The van der Waals surface area contributed by atoms with Crippen LogP contribution in [0.4, 0.5) is 0 Å². The van der Waals surface area contributed by atoms with E-state index in [4.69, 9.17) is 0 Å². The summed E-state index contributed by atoms with van der Waals surface area (Å²) in [6.45, 7) is 16.4. The Hall–Kier alpha value is -0.0400. The van der Waals surface area contributed by atoms with Crippen LogP contribution in [0, 0.1) is 5.92 Å². The Balaban J connectivity index is 4.95. The summed E-state index contributed by atoms with van der Waals surface area (Å²) in [5, 5.41) is 0. The van der Waals surface area contributed by atoms with Gasteiger partial charge in [-0.3, -0.25) is 4.90 Å². The number of hydrogen-bond donors (Lipinski definition) is 0. The van der Waals surface area contributed by atoms with Crippen LogP contribution in [0.2, 0.25) is 0 Å². The van der Waals surface area contributed by atoms with Crippen molar-refractivity contribution >= 4 is 0 Å². The molecular formula is C14H31N. The minimum atomic E-state index is 0.300. The highest BCUT2D eigenvalue weighted by molar-refractivity contribution is 4.94. The van der Waals surface area contributed by atoms with Crippen molar-refractivity contribution in [1.82, 2.24) is 4.90 Å². The number of rotatable bonds is 6. The SMILES string of the molecule is CCC(C)C(C)(CC)N(C)C(C)(C)CC. The molecular weight excluding hydrogens is 182 g/mol. The van der Waals surface area contributed by atoms with Crippen LogP contribution in [0.15, 0.2) is 0 Å². The lowest BCUT2D eigenvalue weighted by Gasteiger charge is -2.51. The van der Waals surface area contributed by atoms with Gasteiger partial charge in [-0.05, 0) is 46.6 Å². The third-order valence-electron chi connectivity index (χ3n) is 4.93. The van der Waals surface area contributed by atoms with Crippen LogP contribution in [0.1, 0.15) is 67.7 Å². The van der Waals surface area contributed by atoms with Crippen LogP contribution in [-0.2, 0) is 0 Å². The molecule has 0 fully saturated rings. The minimum absolute atomic E-state index is 0.300. The Labute approximate surface area is 97.2 Å². The highest BCUT2D eigenvalue weighted by Crippen LogP contribution is 2.35. The molecule has 0 aliphatic carbocycles. The van der Waals surface area contributed by atoms with E-state index in [1.807, 2.05) is 0 Å². The van der Waals surface area contributed by atoms with Crippen molar-refractivity contribution < 1.29 is 0 Å². The topological polar surface area (TPSA) is 3.24 Å². The highest BCUT2D eigenvalue weighted by atomic mass is 15.2. The van der Waals surface area contributed by atoms with Gasteiger partial charge in [-0.1, -0.05) is 34.1 Å². The zero-order valence-corrected chi connectivity index (χ0v) is 12.1. The summed E-state index contributed by atoms with van der Waals surface area (Å²) in [5.41, 5.74) is 0.627. The van der Waals surface area contributed by atoms with Gasteiger partial charge in [-0.15, -0.1) is 0 Å². The maximum Gasteiger partial charge on any atom is 0.0206 e. The fourth-order valence-electron chi connectivity index (χ4n) is 2.28. The van der Waals surface area contributed by atoms with E-state index in [2.05, 4.69) is 60.4 Å². The monoisotopic (exact) mass is 213 g/mol. The highest BCUT2D eigenvalue weighted by Gasteiger charge is 2.38. The maximum absolute atomic E-state index is 2.59. The first-order chi connectivity index (χ1) is 6.76. The molecule has 0 saturated heterocycles. The lowest BCUT2D eigenvalue weighted by atomic mass is 9.78. The summed E-state index contributed by atoms with van der Waals surface area (Å²) in [7, 11) is 2.29. The average Bonchev–Trinajstić information content (AvgIpc) is 2.25. The Kier molecular flexibility index (Phi) is 5.32. The summed E-state index contributed by atoms with van der Waals surface area (Å²) in [5.74, 6) is 0.748. The molecule has 0 heterocycles. The first-order valence-electron chi connectivity index (χ1n) is 6.50. The summed E-state index contributed by atoms with van der Waals surface area (Å²) in [4.78, 5) is 2.59. The van der Waals surface area contributed by atoms with Crippen LogP contribution in [0.5, 0.6) is 0 Å². The molecule has 2 atom stereocenters. The first-order valence-corrected chi connectivity index (χ1v) is 6.50. The van der Waals surface area contributed by atoms with Gasteiger partial charge in [0, 0.05) is 11.1 Å². The average molecular weight is 213 g/mol. The second-order valence-electron chi connectivity index (χ2n) is 5.75. The first kappa shape index (κ1) is 15.0. The molecule has 2 unspecified atom stereocenters. The van der Waals surface area contributed by atoms with E-state index in [-0.39, 0.29) is 0 Å². The number of nitrogens with zero attached hydrogens (tertiary/aromatic N) is 1. The number of hydrogen-bond acceptors (Lipinski definition) is 1. The summed E-state index contributed by atoms with van der Waals surface area (Å²) in [6, 6.07) is 0. The molecule has 0 bridgehead atoms. The maximum atomic E-state index is 2.59. The zero-order chi connectivity index (χ0) is 12.3. The van der Waals surface area contributed by atoms with Gasteiger partial charge < -0.3 is 0 Å². The van der Waals surface area contributed by atoms with Crippen LogP contribution in [0.25, 0.3) is 0 Å². The third kappa shape index (κ3) is 2.96. The standard InChI is InChI=1S/C14H31N/c1-9-12(4)14(7,11-3)15(8)13(5,6)10-2/h12H,9-11H2,1-8H3. The van der Waals surface area contributed by atoms with Crippen molar-refractivity contribution in [3.05, 3.63) is 0 Å². The Morgan fingerprint density at radius 3 is 1.73 bits per heavy atom. The molecule has 0 amide bonds. The van der Waals surface area contributed by atoms with E-state index in [1.165, 1.54) is 19.3 Å². The molecule has 0 radical (unpaired) electrons. The van der Waals surface area contributed by atoms with E-state index in [0.29, 0.717) is 11.1 Å². The van der Waals surface area contributed by atoms with E-state index < -0.39 is 0 Å². The van der Waals surface area contributed by atoms with Crippen LogP contribution >= 0.6 is 0 Å². The van der Waals surface area contributed by atoms with Gasteiger partial charge in [0.2, 0.25) is 0 Å². The predicted molar refractivity (Wildman–Crippen MR) is 70.3 cm³/mol. The minimum Gasteiger partial charge on any atom is -0.296 e. The van der Waals surface area contributed by atoms with Crippen molar-refractivity contribution in [2.75, 3.05) is 7.05 Å². The zero-order valence-electron chi connectivity index (χ0n) is 12.1. The molecule has 1 heteroatoms. The van der Waals surface area contributed by atoms with Gasteiger partial charge >= 0.3 is 0 Å². The molecule has 0 aromatic rings. The van der Waals surface area contributed by atoms with Crippen molar-refractivity contribution in [3.63, 3.8) is 0 Å². The van der Waals surface area contributed by atoms with Crippen LogP contribution in [-0.4, -0.2) is 23.0 Å². The van der Waals surface area contributed by atoms with E-state index in [1.54, 1.807) is 0 Å². The van der Waals surface area contributed by atoms with Crippen molar-refractivity contribution in [2.45, 2.75) is 78.8 Å².